The molecule has 1 radical (unpaired) electrons. The number of pyridine rings is 2. The summed E-state index contributed by atoms with van der Waals surface area (Å²) in [5.74, 6) is 6.54. The first-order chi connectivity index (χ1) is 23.3. The molecule has 5 aromatic carbocycles. The molecular formula is C44H40GeIrN2S-2. The van der Waals surface area contributed by atoms with E-state index in [1.807, 2.05) is 56.4 Å². The van der Waals surface area contributed by atoms with Gasteiger partial charge in [0.2, 0.25) is 0 Å². The van der Waals surface area contributed by atoms with Crippen LogP contribution in [0.4, 0.5) is 0 Å². The van der Waals surface area contributed by atoms with Gasteiger partial charge in [0.1, 0.15) is 0 Å². The third kappa shape index (κ3) is 7.30. The Balaban J connectivity index is 0.000000204. The summed E-state index contributed by atoms with van der Waals surface area (Å²) in [5.41, 5.74) is 7.61. The molecule has 0 saturated heterocycles. The van der Waals surface area contributed by atoms with E-state index in [1.165, 1.54) is 57.2 Å². The Morgan fingerprint density at radius 1 is 0.735 bits per heavy atom. The maximum Gasteiger partial charge on any atom is 0.0346 e. The number of hydrogen-bond donors (Lipinski definition) is 0. The van der Waals surface area contributed by atoms with Crippen LogP contribution in [-0.2, 0) is 20.1 Å². The van der Waals surface area contributed by atoms with Gasteiger partial charge in [-0.2, -0.15) is 11.3 Å². The zero-order valence-corrected chi connectivity index (χ0v) is 34.3. The van der Waals surface area contributed by atoms with Gasteiger partial charge >= 0.3 is 106 Å². The molecule has 0 aliphatic heterocycles. The van der Waals surface area contributed by atoms with Crippen LogP contribution in [0.25, 0.3) is 64.2 Å². The summed E-state index contributed by atoms with van der Waals surface area (Å²) in [6, 6.07) is 40.8. The molecule has 5 heteroatoms. The number of benzene rings is 5. The van der Waals surface area contributed by atoms with Gasteiger partial charge in [0.25, 0.3) is 0 Å². The summed E-state index contributed by atoms with van der Waals surface area (Å²) in [5, 5.41) is 7.60. The zero-order valence-electron chi connectivity index (χ0n) is 30.0. The summed E-state index contributed by atoms with van der Waals surface area (Å²) in [6.07, 6.45) is 3.88. The van der Waals surface area contributed by atoms with E-state index in [-0.39, 0.29) is 20.1 Å². The van der Waals surface area contributed by atoms with Crippen molar-refractivity contribution in [2.45, 2.75) is 50.9 Å². The van der Waals surface area contributed by atoms with Gasteiger partial charge in [-0.25, -0.2) is 0 Å². The number of aryl methyl sites for hydroxylation is 2. The Hall–Kier alpha value is -3.67. The molecule has 8 rings (SSSR count). The predicted molar refractivity (Wildman–Crippen MR) is 211 cm³/mol. The maximum atomic E-state index is 8.40. The van der Waals surface area contributed by atoms with Crippen LogP contribution in [0.2, 0.25) is 17.3 Å². The molecular weight excluding hydrogens is 853 g/mol. The summed E-state index contributed by atoms with van der Waals surface area (Å²) >= 11 is 0.0291. The fourth-order valence-corrected chi connectivity index (χ4v) is 11.3. The molecule has 49 heavy (non-hydrogen) atoms. The van der Waals surface area contributed by atoms with Crippen molar-refractivity contribution in [2.75, 3.05) is 0 Å². The van der Waals surface area contributed by atoms with Gasteiger partial charge in [0.15, 0.2) is 0 Å². The van der Waals surface area contributed by atoms with Crippen molar-refractivity contribution in [3.05, 3.63) is 138 Å². The minimum Gasteiger partial charge on any atom is -0.305 e. The number of hydrogen-bond acceptors (Lipinski definition) is 3. The van der Waals surface area contributed by atoms with Crippen molar-refractivity contribution in [1.29, 1.82) is 0 Å². The van der Waals surface area contributed by atoms with Gasteiger partial charge in [-0.3, -0.25) is 0 Å². The smallest absolute Gasteiger partial charge is 0.0346 e. The van der Waals surface area contributed by atoms with E-state index in [1.54, 1.807) is 11.3 Å². The Bertz CT molecular complexity index is 2490. The number of nitrogens with zero attached hydrogens (tertiary/aromatic N) is 2. The van der Waals surface area contributed by atoms with Crippen molar-refractivity contribution < 1.29 is 21.5 Å². The molecule has 8 aromatic rings. The molecule has 0 amide bonds. The van der Waals surface area contributed by atoms with Crippen molar-refractivity contribution in [1.82, 2.24) is 9.97 Å². The third-order valence-corrected chi connectivity index (χ3v) is 14.7. The van der Waals surface area contributed by atoms with Crippen LogP contribution in [0.15, 0.2) is 109 Å². The van der Waals surface area contributed by atoms with E-state index >= 15 is 0 Å². The second-order valence-corrected chi connectivity index (χ2v) is 25.6. The average Bonchev–Trinajstić information content (AvgIpc) is 3.43. The molecule has 0 saturated carbocycles. The van der Waals surface area contributed by atoms with Gasteiger partial charge < -0.3 is 4.98 Å². The van der Waals surface area contributed by atoms with Gasteiger partial charge in [-0.1, -0.05) is 54.6 Å². The second kappa shape index (κ2) is 14.3. The Morgan fingerprint density at radius 2 is 1.51 bits per heavy atom. The van der Waals surface area contributed by atoms with E-state index < -0.39 is 19.2 Å². The van der Waals surface area contributed by atoms with Crippen molar-refractivity contribution in [2.24, 2.45) is 0 Å². The molecule has 0 bridgehead atoms. The van der Waals surface area contributed by atoms with Crippen molar-refractivity contribution in [3.63, 3.8) is 0 Å². The van der Waals surface area contributed by atoms with Crippen LogP contribution >= 0.6 is 11.3 Å². The largest absolute Gasteiger partial charge is 0.305 e. The first-order valence-corrected chi connectivity index (χ1v) is 24.6. The standard InChI is InChI=1S/C29H22NS.C15H18GeN.Ir/c1-17(2)19-9-10-30-27(15-19)25-6-4-5-24-26-14-22-12-20-8-7-18(3)11-21(20)13-23(22)16-28(26)31-29(24)25;1-12-10-15(13-8-6-5-7-9-13)17-11-14(12)16(2,3)4;/h4-5,7-17H,1-3H3;5-8,10-11H,1-4H3;/q2*-1;/i17D;;. The van der Waals surface area contributed by atoms with Gasteiger partial charge in [0.05, 0.1) is 0 Å². The van der Waals surface area contributed by atoms with Crippen LogP contribution in [-0.4, -0.2) is 23.2 Å². The number of aromatic nitrogens is 2. The summed E-state index contributed by atoms with van der Waals surface area (Å²) in [7, 11) is 0. The second-order valence-electron chi connectivity index (χ2n) is 13.9. The maximum absolute atomic E-state index is 8.40. The molecule has 0 spiro atoms. The van der Waals surface area contributed by atoms with Crippen LogP contribution in [0.1, 0.15) is 37.8 Å². The van der Waals surface area contributed by atoms with Gasteiger partial charge in [0, 0.05) is 32.4 Å². The fourth-order valence-electron chi connectivity index (χ4n) is 6.46. The number of rotatable bonds is 4. The quantitative estimate of drug-likeness (QED) is 0.0999. The van der Waals surface area contributed by atoms with E-state index in [0.29, 0.717) is 0 Å². The molecule has 247 valence electrons. The van der Waals surface area contributed by atoms with Crippen molar-refractivity contribution in [3.8, 4) is 22.5 Å². The topological polar surface area (TPSA) is 25.8 Å². The summed E-state index contributed by atoms with van der Waals surface area (Å²) in [4.78, 5) is 9.23. The van der Waals surface area contributed by atoms with Crippen LogP contribution in [0.3, 0.4) is 0 Å². The van der Waals surface area contributed by atoms with Gasteiger partial charge in [-0.05, 0) is 80.5 Å². The molecule has 0 aliphatic carbocycles. The first-order valence-electron chi connectivity index (χ1n) is 17.0. The Morgan fingerprint density at radius 3 is 2.24 bits per heavy atom. The van der Waals surface area contributed by atoms with Crippen LogP contribution in [0, 0.1) is 26.0 Å². The fraction of sp³-hybridized carbons (Fsp3) is 0.182. The minimum absolute atomic E-state index is 0. The predicted octanol–water partition coefficient (Wildman–Crippen LogP) is 12.1. The van der Waals surface area contributed by atoms with E-state index in [0.717, 1.165) is 28.1 Å². The Kier molecular flexibility index (Phi) is 9.86. The van der Waals surface area contributed by atoms with Gasteiger partial charge in [-0.15, -0.1) is 23.8 Å². The summed E-state index contributed by atoms with van der Waals surface area (Å²) < 4.78 is 12.4. The monoisotopic (exact) mass is 896 g/mol. The minimum atomic E-state index is -1.77. The molecule has 3 heterocycles. The zero-order chi connectivity index (χ0) is 34.5. The van der Waals surface area contributed by atoms with E-state index in [9.17, 15) is 0 Å². The van der Waals surface area contributed by atoms with Crippen LogP contribution in [0.5, 0.6) is 0 Å². The SMILES string of the molecule is Cc1cc(-c2[c-]cccc2)nc[c]1[Ge]([CH3])([CH3])[CH3].[2H]C(C)(C)c1ccnc(-c2[c-]ccc3c2sc2cc4cc5cc(C)ccc5cc4cc23)c1.[Ir]. The molecule has 3 aromatic heterocycles. The van der Waals surface area contributed by atoms with Crippen LogP contribution < -0.4 is 4.40 Å². The molecule has 0 fully saturated rings. The number of fused-ring (bicyclic) bond motifs is 5. The average molecular weight is 895 g/mol. The third-order valence-electron chi connectivity index (χ3n) is 9.00. The van der Waals surface area contributed by atoms with E-state index in [4.69, 9.17) is 1.37 Å². The molecule has 0 atom stereocenters. The number of thiophene rings is 1. The molecule has 2 nitrogen and oxygen atoms in total. The normalized spacial score (nSPS) is 12.1. The first kappa shape index (κ1) is 33.8. The molecule has 0 N–H and O–H groups in total. The molecule has 0 aliphatic rings. The Labute approximate surface area is 311 Å². The summed E-state index contributed by atoms with van der Waals surface area (Å²) in [6.45, 7) is 8.15. The van der Waals surface area contributed by atoms with Crippen molar-refractivity contribution >= 4 is 70.7 Å². The molecule has 0 unspecified atom stereocenters. The van der Waals surface area contributed by atoms with E-state index in [2.05, 4.69) is 120 Å².